The minimum absolute atomic E-state index is 0.0502. The van der Waals surface area contributed by atoms with Gasteiger partial charge in [0, 0.05) is 0 Å². The first kappa shape index (κ1) is 12.3. The Kier molecular flexibility index (Phi) is 2.21. The first-order chi connectivity index (χ1) is 8.78. The molecule has 2 aliphatic rings. The maximum Gasteiger partial charge on any atom is 0.340 e. The molecule has 0 spiro atoms. The Balaban J connectivity index is 2.05. The highest BCUT2D eigenvalue weighted by atomic mass is 32.1. The van der Waals surface area contributed by atoms with E-state index in [0.29, 0.717) is 5.69 Å². The normalized spacial score (nSPS) is 27.6. The van der Waals surface area contributed by atoms with E-state index in [4.69, 9.17) is 5.11 Å². The summed E-state index contributed by atoms with van der Waals surface area (Å²) in [4.78, 5) is 36.7. The lowest BCUT2D eigenvalue weighted by Gasteiger charge is -2.19. The Morgan fingerprint density at radius 2 is 1.84 bits per heavy atom. The van der Waals surface area contributed by atoms with Crippen LogP contribution < -0.4 is 4.90 Å². The Morgan fingerprint density at radius 3 is 2.32 bits per heavy atom. The molecule has 2 heterocycles. The minimum atomic E-state index is -1.17. The highest BCUT2D eigenvalue weighted by molar-refractivity contribution is 7.11. The van der Waals surface area contributed by atoms with E-state index in [1.54, 1.807) is 6.92 Å². The van der Waals surface area contributed by atoms with Crippen molar-refractivity contribution in [3.63, 3.8) is 0 Å². The molecule has 1 aliphatic heterocycles. The second-order valence-electron chi connectivity index (χ2n) is 5.54. The van der Waals surface area contributed by atoms with Crippen molar-refractivity contribution in [3.05, 3.63) is 11.3 Å². The molecule has 2 amide bonds. The summed E-state index contributed by atoms with van der Waals surface area (Å²) < 4.78 is 3.94. The number of aromatic carboxylic acids is 1. The molecule has 2 fully saturated rings. The summed E-state index contributed by atoms with van der Waals surface area (Å²) in [5.74, 6) is -2.40. The SMILES string of the molecule is Cc1nsc(N2C(=O)C3C(C2=O)C3(C)C)c1C(=O)O. The van der Waals surface area contributed by atoms with Crippen LogP contribution in [0.5, 0.6) is 0 Å². The van der Waals surface area contributed by atoms with E-state index in [-0.39, 0.29) is 39.6 Å². The van der Waals surface area contributed by atoms with Gasteiger partial charge < -0.3 is 5.11 Å². The predicted molar refractivity (Wildman–Crippen MR) is 67.1 cm³/mol. The summed E-state index contributed by atoms with van der Waals surface area (Å²) in [5.41, 5.74) is -0.0212. The van der Waals surface area contributed by atoms with Gasteiger partial charge in [0.05, 0.1) is 17.5 Å². The number of amides is 2. The van der Waals surface area contributed by atoms with E-state index < -0.39 is 5.97 Å². The molecular weight excluding hydrogens is 268 g/mol. The number of aromatic nitrogens is 1. The molecule has 1 saturated carbocycles. The van der Waals surface area contributed by atoms with Gasteiger partial charge in [-0.05, 0) is 23.9 Å². The molecule has 0 aromatic carbocycles. The van der Waals surface area contributed by atoms with Crippen molar-refractivity contribution in [3.8, 4) is 0 Å². The number of imide groups is 1. The van der Waals surface area contributed by atoms with Crippen LogP contribution in [-0.4, -0.2) is 27.3 Å². The van der Waals surface area contributed by atoms with Gasteiger partial charge in [-0.25, -0.2) is 9.69 Å². The average molecular weight is 280 g/mol. The van der Waals surface area contributed by atoms with Crippen molar-refractivity contribution in [2.24, 2.45) is 17.3 Å². The van der Waals surface area contributed by atoms with Crippen LogP contribution in [-0.2, 0) is 9.59 Å². The van der Waals surface area contributed by atoms with Crippen molar-refractivity contribution in [2.75, 3.05) is 4.90 Å². The highest BCUT2D eigenvalue weighted by Crippen LogP contribution is 2.64. The number of carbonyl (C=O) groups is 3. The van der Waals surface area contributed by atoms with Crippen molar-refractivity contribution in [2.45, 2.75) is 20.8 Å². The average Bonchev–Trinajstić information content (AvgIpc) is 2.56. The van der Waals surface area contributed by atoms with Crippen LogP contribution in [0.1, 0.15) is 29.9 Å². The summed E-state index contributed by atoms with van der Waals surface area (Å²) in [6.45, 7) is 5.32. The maximum absolute atomic E-state index is 12.2. The number of piperidine rings is 1. The first-order valence-electron chi connectivity index (χ1n) is 5.86. The van der Waals surface area contributed by atoms with Crippen molar-refractivity contribution < 1.29 is 19.5 Å². The minimum Gasteiger partial charge on any atom is -0.478 e. The molecule has 1 N–H and O–H groups in total. The van der Waals surface area contributed by atoms with E-state index in [2.05, 4.69) is 4.37 Å². The second-order valence-corrected chi connectivity index (χ2v) is 6.29. The van der Waals surface area contributed by atoms with Gasteiger partial charge in [-0.2, -0.15) is 4.37 Å². The molecule has 0 bridgehead atoms. The van der Waals surface area contributed by atoms with Gasteiger partial charge in [-0.3, -0.25) is 9.59 Å². The zero-order valence-corrected chi connectivity index (χ0v) is 11.4. The number of fused-ring (bicyclic) bond motifs is 1. The maximum atomic E-state index is 12.2. The van der Waals surface area contributed by atoms with Gasteiger partial charge in [0.25, 0.3) is 0 Å². The molecule has 1 saturated heterocycles. The third-order valence-corrected chi connectivity index (χ3v) is 4.99. The standard InChI is InChI=1S/C12H12N2O4S/c1-4-5(11(17)18)10(19-13-4)14-8(15)6-7(9(14)16)12(6,2)3/h6-7H,1-3H3,(H,17,18). The van der Waals surface area contributed by atoms with Crippen LogP contribution in [0.15, 0.2) is 0 Å². The molecule has 7 heteroatoms. The summed E-state index contributed by atoms with van der Waals surface area (Å²) in [6, 6.07) is 0. The van der Waals surface area contributed by atoms with Gasteiger partial charge in [0.15, 0.2) is 0 Å². The molecular formula is C12H12N2O4S. The topological polar surface area (TPSA) is 87.6 Å². The number of carbonyl (C=O) groups excluding carboxylic acids is 2. The monoisotopic (exact) mass is 280 g/mol. The van der Waals surface area contributed by atoms with Crippen LogP contribution in [0.2, 0.25) is 0 Å². The summed E-state index contributed by atoms with van der Waals surface area (Å²) in [5, 5.41) is 9.31. The van der Waals surface area contributed by atoms with Gasteiger partial charge in [0.1, 0.15) is 10.6 Å². The van der Waals surface area contributed by atoms with Crippen molar-refractivity contribution in [1.82, 2.24) is 4.37 Å². The van der Waals surface area contributed by atoms with E-state index >= 15 is 0 Å². The fourth-order valence-electron chi connectivity index (χ4n) is 2.90. The first-order valence-corrected chi connectivity index (χ1v) is 6.63. The summed E-state index contributed by atoms with van der Waals surface area (Å²) in [6.07, 6.45) is 0. The quantitative estimate of drug-likeness (QED) is 0.825. The molecule has 3 rings (SSSR count). The predicted octanol–water partition coefficient (Wildman–Crippen LogP) is 1.30. The third kappa shape index (κ3) is 1.36. The molecule has 0 radical (unpaired) electrons. The molecule has 1 aliphatic carbocycles. The Bertz CT molecular complexity index is 610. The van der Waals surface area contributed by atoms with Gasteiger partial charge in [0.2, 0.25) is 11.8 Å². The Labute approximate surface area is 113 Å². The summed E-state index contributed by atoms with van der Waals surface area (Å²) in [7, 11) is 0. The fourth-order valence-corrected chi connectivity index (χ4v) is 3.81. The molecule has 2 atom stereocenters. The molecule has 2 unspecified atom stereocenters. The van der Waals surface area contributed by atoms with E-state index in [1.807, 2.05) is 13.8 Å². The Morgan fingerprint density at radius 1 is 1.32 bits per heavy atom. The van der Waals surface area contributed by atoms with Crippen LogP contribution >= 0.6 is 11.5 Å². The second kappa shape index (κ2) is 3.41. The van der Waals surface area contributed by atoms with Crippen LogP contribution in [0.3, 0.4) is 0 Å². The largest absolute Gasteiger partial charge is 0.478 e. The number of anilines is 1. The van der Waals surface area contributed by atoms with Crippen molar-refractivity contribution in [1.29, 1.82) is 0 Å². The fraction of sp³-hybridized carbons (Fsp3) is 0.500. The lowest BCUT2D eigenvalue weighted by atomic mass is 10.1. The smallest absolute Gasteiger partial charge is 0.340 e. The number of rotatable bonds is 2. The number of carboxylic acid groups (broad SMARTS) is 1. The molecule has 1 aromatic heterocycles. The zero-order valence-electron chi connectivity index (χ0n) is 10.6. The van der Waals surface area contributed by atoms with Crippen LogP contribution in [0.25, 0.3) is 0 Å². The van der Waals surface area contributed by atoms with E-state index in [9.17, 15) is 14.4 Å². The lowest BCUT2D eigenvalue weighted by molar-refractivity contribution is -0.125. The molecule has 6 nitrogen and oxygen atoms in total. The lowest BCUT2D eigenvalue weighted by Crippen LogP contribution is -2.36. The number of carboxylic acids is 1. The van der Waals surface area contributed by atoms with Crippen molar-refractivity contribution >= 4 is 34.3 Å². The number of hydrogen-bond acceptors (Lipinski definition) is 5. The van der Waals surface area contributed by atoms with Crippen LogP contribution in [0, 0.1) is 24.2 Å². The number of nitrogens with zero attached hydrogens (tertiary/aromatic N) is 2. The van der Waals surface area contributed by atoms with Crippen LogP contribution in [0.4, 0.5) is 5.00 Å². The van der Waals surface area contributed by atoms with Gasteiger partial charge in [-0.15, -0.1) is 0 Å². The number of hydrogen-bond donors (Lipinski definition) is 1. The van der Waals surface area contributed by atoms with Gasteiger partial charge in [-0.1, -0.05) is 13.8 Å². The number of aryl methyl sites for hydroxylation is 1. The molecule has 1 aromatic rings. The zero-order chi connectivity index (χ0) is 14.1. The molecule has 100 valence electrons. The van der Waals surface area contributed by atoms with E-state index in [0.717, 1.165) is 16.4 Å². The Hall–Kier alpha value is -1.76. The third-order valence-electron chi connectivity index (χ3n) is 4.06. The highest BCUT2D eigenvalue weighted by Gasteiger charge is 2.73. The van der Waals surface area contributed by atoms with Gasteiger partial charge >= 0.3 is 5.97 Å². The van der Waals surface area contributed by atoms with E-state index in [1.165, 1.54) is 0 Å². The summed E-state index contributed by atoms with van der Waals surface area (Å²) >= 11 is 0.885. The molecule has 19 heavy (non-hydrogen) atoms.